The Hall–Kier alpha value is -0.743. The Morgan fingerprint density at radius 3 is 2.38 bits per heavy atom. The van der Waals surface area contributed by atoms with Crippen molar-refractivity contribution in [1.82, 2.24) is 0 Å². The summed E-state index contributed by atoms with van der Waals surface area (Å²) in [5.74, 6) is 2.61. The summed E-state index contributed by atoms with van der Waals surface area (Å²) in [6, 6.07) is 3.53. The highest BCUT2D eigenvalue weighted by Crippen LogP contribution is 2.64. The lowest BCUT2D eigenvalue weighted by molar-refractivity contribution is -0.133. The van der Waals surface area contributed by atoms with E-state index in [-0.39, 0.29) is 10.8 Å². The third-order valence-electron chi connectivity index (χ3n) is 9.96. The third-order valence-corrected chi connectivity index (χ3v) is 14.6. The molecule has 0 aromatic heterocycles. The quantitative estimate of drug-likeness (QED) is 0.492. The maximum absolute atomic E-state index is 12.7. The molecule has 0 aromatic carbocycles. The van der Waals surface area contributed by atoms with Crippen LogP contribution in [0.4, 0.5) is 0 Å². The van der Waals surface area contributed by atoms with Crippen molar-refractivity contribution in [2.75, 3.05) is 6.61 Å². The SMILES string of the molecule is CC[Si](CC)(CC)OC[C@]12CCC(=O)C=C1CC[C@@H]1[C@H]2CC[C@]2(C)C(=O)CC[C@@H]12. The van der Waals surface area contributed by atoms with E-state index in [9.17, 15) is 9.59 Å². The maximum atomic E-state index is 12.7. The van der Waals surface area contributed by atoms with Gasteiger partial charge in [0.1, 0.15) is 5.78 Å². The van der Waals surface area contributed by atoms with E-state index in [1.807, 2.05) is 6.08 Å². The number of hydrogen-bond acceptors (Lipinski definition) is 3. The van der Waals surface area contributed by atoms with E-state index in [0.717, 1.165) is 51.6 Å². The molecule has 3 saturated carbocycles. The average molecular weight is 417 g/mol. The first kappa shape index (κ1) is 21.5. The van der Waals surface area contributed by atoms with Crippen molar-refractivity contribution in [3.63, 3.8) is 0 Å². The molecule has 0 N–H and O–H groups in total. The van der Waals surface area contributed by atoms with Gasteiger partial charge in [0.2, 0.25) is 0 Å². The summed E-state index contributed by atoms with van der Waals surface area (Å²) in [5.41, 5.74) is 1.37. The lowest BCUT2D eigenvalue weighted by Crippen LogP contribution is -2.54. The molecule has 162 valence electrons. The van der Waals surface area contributed by atoms with Crippen LogP contribution in [-0.2, 0) is 14.0 Å². The minimum absolute atomic E-state index is 0.0571. The van der Waals surface area contributed by atoms with E-state index < -0.39 is 8.32 Å². The molecule has 0 aliphatic heterocycles. The Morgan fingerprint density at radius 2 is 1.69 bits per heavy atom. The Morgan fingerprint density at radius 1 is 0.966 bits per heavy atom. The molecular formula is C25H40O3Si. The topological polar surface area (TPSA) is 43.4 Å². The minimum Gasteiger partial charge on any atom is -0.416 e. The predicted molar refractivity (Wildman–Crippen MR) is 119 cm³/mol. The molecule has 4 rings (SSSR count). The normalized spacial score (nSPS) is 39.6. The van der Waals surface area contributed by atoms with Crippen molar-refractivity contribution in [2.24, 2.45) is 28.6 Å². The smallest absolute Gasteiger partial charge is 0.192 e. The molecular weight excluding hydrogens is 376 g/mol. The van der Waals surface area contributed by atoms with Gasteiger partial charge in [0.15, 0.2) is 14.1 Å². The zero-order valence-corrected chi connectivity index (χ0v) is 20.0. The van der Waals surface area contributed by atoms with Gasteiger partial charge in [-0.2, -0.15) is 0 Å². The van der Waals surface area contributed by atoms with Crippen molar-refractivity contribution in [1.29, 1.82) is 0 Å². The number of carbonyl (C=O) groups is 2. The zero-order valence-electron chi connectivity index (χ0n) is 19.0. The number of hydrogen-bond donors (Lipinski definition) is 0. The molecule has 4 aliphatic rings. The van der Waals surface area contributed by atoms with Crippen molar-refractivity contribution in [3.8, 4) is 0 Å². The second kappa shape index (κ2) is 7.75. The van der Waals surface area contributed by atoms with Crippen LogP contribution in [0.3, 0.4) is 0 Å². The fourth-order valence-electron chi connectivity index (χ4n) is 7.74. The van der Waals surface area contributed by atoms with E-state index in [4.69, 9.17) is 4.43 Å². The summed E-state index contributed by atoms with van der Waals surface area (Å²) in [6.07, 6.45) is 9.90. The maximum Gasteiger partial charge on any atom is 0.192 e. The molecule has 3 fully saturated rings. The average Bonchev–Trinajstić information content (AvgIpc) is 3.04. The fourth-order valence-corrected chi connectivity index (χ4v) is 10.4. The molecule has 0 bridgehead atoms. The minimum atomic E-state index is -1.68. The molecule has 0 spiro atoms. The van der Waals surface area contributed by atoms with Crippen LogP contribution in [0.1, 0.15) is 79.1 Å². The first-order valence-electron chi connectivity index (χ1n) is 12.3. The molecule has 0 heterocycles. The van der Waals surface area contributed by atoms with Crippen LogP contribution in [0.5, 0.6) is 0 Å². The van der Waals surface area contributed by atoms with E-state index in [1.54, 1.807) is 0 Å². The molecule has 3 nitrogen and oxygen atoms in total. The summed E-state index contributed by atoms with van der Waals surface area (Å²) in [4.78, 5) is 25.0. The molecule has 0 radical (unpaired) electrons. The van der Waals surface area contributed by atoms with Gasteiger partial charge in [0, 0.05) is 30.3 Å². The highest BCUT2D eigenvalue weighted by atomic mass is 28.4. The number of ketones is 2. The first-order valence-corrected chi connectivity index (χ1v) is 14.8. The van der Waals surface area contributed by atoms with Crippen LogP contribution in [0.2, 0.25) is 18.1 Å². The number of Topliss-reactive ketones (excluding diaryl/α,β-unsaturated/α-hetero) is 1. The van der Waals surface area contributed by atoms with E-state index in [0.29, 0.717) is 35.7 Å². The van der Waals surface area contributed by atoms with Crippen molar-refractivity contribution in [2.45, 2.75) is 97.2 Å². The standard InChI is InChI=1S/C25H40O3Si/c1-5-29(6-2,7-3)28-17-25-15-12-19(26)16-18(25)8-9-20-21-10-11-23(27)24(21,4)14-13-22(20)25/h16,20-22H,5-15,17H2,1-4H3/t20-,21-,22+,24-,25+/m0/s1. The molecule has 4 aliphatic carbocycles. The summed E-state index contributed by atoms with van der Waals surface area (Å²) >= 11 is 0. The molecule has 0 amide bonds. The van der Waals surface area contributed by atoms with Gasteiger partial charge in [0.05, 0.1) is 0 Å². The van der Waals surface area contributed by atoms with Gasteiger partial charge in [-0.05, 0) is 80.5 Å². The van der Waals surface area contributed by atoms with Crippen molar-refractivity contribution < 1.29 is 14.0 Å². The molecule has 29 heavy (non-hydrogen) atoms. The summed E-state index contributed by atoms with van der Waals surface area (Å²) in [6.45, 7) is 9.99. The van der Waals surface area contributed by atoms with Gasteiger partial charge < -0.3 is 4.43 Å². The molecule has 5 atom stereocenters. The van der Waals surface area contributed by atoms with E-state index in [2.05, 4.69) is 27.7 Å². The van der Waals surface area contributed by atoms with E-state index in [1.165, 1.54) is 23.7 Å². The van der Waals surface area contributed by atoms with Crippen molar-refractivity contribution in [3.05, 3.63) is 11.6 Å². The van der Waals surface area contributed by atoms with E-state index >= 15 is 0 Å². The first-order chi connectivity index (χ1) is 13.8. The van der Waals surface area contributed by atoms with Gasteiger partial charge in [0.25, 0.3) is 0 Å². The fraction of sp³-hybridized carbons (Fsp3) is 0.840. The Balaban J connectivity index is 1.67. The summed E-state index contributed by atoms with van der Waals surface area (Å²) in [5, 5.41) is 0. The van der Waals surface area contributed by atoms with Gasteiger partial charge in [-0.15, -0.1) is 0 Å². The lowest BCUT2D eigenvalue weighted by atomic mass is 9.47. The lowest BCUT2D eigenvalue weighted by Gasteiger charge is -2.58. The van der Waals surface area contributed by atoms with Crippen LogP contribution in [0.25, 0.3) is 0 Å². The van der Waals surface area contributed by atoms with Crippen LogP contribution < -0.4 is 0 Å². The molecule has 0 unspecified atom stereocenters. The Kier molecular flexibility index (Phi) is 5.74. The Bertz CT molecular complexity index is 701. The van der Waals surface area contributed by atoms with Crippen LogP contribution >= 0.6 is 0 Å². The number of rotatable bonds is 6. The summed E-state index contributed by atoms with van der Waals surface area (Å²) < 4.78 is 6.94. The molecule has 0 saturated heterocycles. The number of carbonyl (C=O) groups excluding carboxylic acids is 2. The largest absolute Gasteiger partial charge is 0.416 e. The van der Waals surface area contributed by atoms with Gasteiger partial charge in [-0.25, -0.2) is 0 Å². The monoisotopic (exact) mass is 416 g/mol. The van der Waals surface area contributed by atoms with Crippen LogP contribution in [0.15, 0.2) is 11.6 Å². The predicted octanol–water partition coefficient (Wildman–Crippen LogP) is 6.09. The van der Waals surface area contributed by atoms with Gasteiger partial charge in [-0.3, -0.25) is 9.59 Å². The van der Waals surface area contributed by atoms with Gasteiger partial charge in [-0.1, -0.05) is 33.3 Å². The zero-order chi connectivity index (χ0) is 20.9. The van der Waals surface area contributed by atoms with Crippen molar-refractivity contribution >= 4 is 19.9 Å². The number of fused-ring (bicyclic) bond motifs is 5. The second-order valence-corrected chi connectivity index (χ2v) is 15.4. The molecule has 4 heteroatoms. The van der Waals surface area contributed by atoms with Crippen LogP contribution in [0, 0.1) is 28.6 Å². The highest BCUT2D eigenvalue weighted by Gasteiger charge is 2.60. The Labute approximate surface area is 178 Å². The third kappa shape index (κ3) is 3.24. The molecule has 0 aromatic rings. The summed E-state index contributed by atoms with van der Waals surface area (Å²) in [7, 11) is -1.68. The second-order valence-electron chi connectivity index (χ2n) is 10.7. The van der Waals surface area contributed by atoms with Gasteiger partial charge >= 0.3 is 0 Å². The highest BCUT2D eigenvalue weighted by molar-refractivity contribution is 6.73. The van der Waals surface area contributed by atoms with Crippen LogP contribution in [-0.4, -0.2) is 26.5 Å².